The zero-order chi connectivity index (χ0) is 13.1. The standard InChI is InChI=1S/C13H14Cl2N2O/c1-9-8-17(5-6-18-9)12(7-16)10-3-2-4-11(14)13(10)15/h2-4,9,12H,5-6,8H2,1H3/t9-,12-/m0/s1. The van der Waals surface area contributed by atoms with Gasteiger partial charge in [-0.1, -0.05) is 35.3 Å². The third-order valence-corrected chi connectivity index (χ3v) is 3.87. The highest BCUT2D eigenvalue weighted by molar-refractivity contribution is 6.42. The van der Waals surface area contributed by atoms with Gasteiger partial charge in [-0.2, -0.15) is 5.26 Å². The molecule has 96 valence electrons. The van der Waals surface area contributed by atoms with Crippen LogP contribution in [0.25, 0.3) is 0 Å². The molecule has 0 unspecified atom stereocenters. The lowest BCUT2D eigenvalue weighted by Crippen LogP contribution is -2.42. The number of hydrogen-bond acceptors (Lipinski definition) is 3. The molecule has 0 aromatic heterocycles. The maximum absolute atomic E-state index is 9.40. The molecule has 5 heteroatoms. The lowest BCUT2D eigenvalue weighted by Gasteiger charge is -2.34. The second-order valence-corrected chi connectivity index (χ2v) is 5.14. The monoisotopic (exact) mass is 284 g/mol. The Morgan fingerprint density at radius 2 is 2.28 bits per heavy atom. The Kier molecular flexibility index (Phi) is 4.47. The van der Waals surface area contributed by atoms with Gasteiger partial charge in [0.2, 0.25) is 0 Å². The predicted molar refractivity (Wildman–Crippen MR) is 71.8 cm³/mol. The van der Waals surface area contributed by atoms with Crippen molar-refractivity contribution < 1.29 is 4.74 Å². The van der Waals surface area contributed by atoms with E-state index in [4.69, 9.17) is 27.9 Å². The summed E-state index contributed by atoms with van der Waals surface area (Å²) in [6, 6.07) is 7.32. The van der Waals surface area contributed by atoms with Crippen molar-refractivity contribution in [3.63, 3.8) is 0 Å². The molecular weight excluding hydrogens is 271 g/mol. The number of rotatable bonds is 2. The van der Waals surface area contributed by atoms with Crippen molar-refractivity contribution >= 4 is 23.2 Å². The smallest absolute Gasteiger partial charge is 0.125 e. The second-order valence-electron chi connectivity index (χ2n) is 4.35. The molecule has 1 heterocycles. The lowest BCUT2D eigenvalue weighted by atomic mass is 10.1. The van der Waals surface area contributed by atoms with Gasteiger partial charge in [-0.05, 0) is 13.0 Å². The zero-order valence-corrected chi connectivity index (χ0v) is 11.6. The van der Waals surface area contributed by atoms with Crippen LogP contribution in [0.3, 0.4) is 0 Å². The van der Waals surface area contributed by atoms with E-state index in [1.54, 1.807) is 6.07 Å². The normalized spacial score (nSPS) is 22.4. The Bertz CT molecular complexity index is 473. The Hall–Kier alpha value is -0.790. The highest BCUT2D eigenvalue weighted by atomic mass is 35.5. The fourth-order valence-corrected chi connectivity index (χ4v) is 2.57. The van der Waals surface area contributed by atoms with E-state index in [0.717, 1.165) is 18.7 Å². The number of nitrogens with zero attached hydrogens (tertiary/aromatic N) is 2. The van der Waals surface area contributed by atoms with E-state index in [0.29, 0.717) is 16.7 Å². The van der Waals surface area contributed by atoms with E-state index in [1.807, 2.05) is 19.1 Å². The Labute approximate surface area is 117 Å². The molecule has 2 atom stereocenters. The Balaban J connectivity index is 2.28. The lowest BCUT2D eigenvalue weighted by molar-refractivity contribution is -0.0268. The van der Waals surface area contributed by atoms with Crippen LogP contribution in [-0.4, -0.2) is 30.7 Å². The molecular formula is C13H14Cl2N2O. The van der Waals surface area contributed by atoms with Gasteiger partial charge in [0.15, 0.2) is 0 Å². The van der Waals surface area contributed by atoms with Crippen molar-refractivity contribution in [1.29, 1.82) is 5.26 Å². The molecule has 1 aromatic carbocycles. The fraction of sp³-hybridized carbons (Fsp3) is 0.462. The predicted octanol–water partition coefficient (Wildman–Crippen LogP) is 3.28. The number of hydrogen-bond donors (Lipinski definition) is 0. The molecule has 1 saturated heterocycles. The average Bonchev–Trinajstić information content (AvgIpc) is 2.35. The number of morpholine rings is 1. The van der Waals surface area contributed by atoms with Gasteiger partial charge in [-0.25, -0.2) is 0 Å². The van der Waals surface area contributed by atoms with Crippen LogP contribution in [0.15, 0.2) is 18.2 Å². The van der Waals surface area contributed by atoms with Crippen LogP contribution in [-0.2, 0) is 4.74 Å². The van der Waals surface area contributed by atoms with Gasteiger partial charge >= 0.3 is 0 Å². The molecule has 0 bridgehead atoms. The first-order chi connectivity index (χ1) is 8.63. The van der Waals surface area contributed by atoms with Crippen molar-refractivity contribution in [2.45, 2.75) is 19.1 Å². The number of nitriles is 1. The topological polar surface area (TPSA) is 36.3 Å². The molecule has 1 fully saturated rings. The summed E-state index contributed by atoms with van der Waals surface area (Å²) in [6.45, 7) is 4.09. The maximum atomic E-state index is 9.40. The largest absolute Gasteiger partial charge is 0.376 e. The van der Waals surface area contributed by atoms with E-state index in [2.05, 4.69) is 11.0 Å². The summed E-state index contributed by atoms with van der Waals surface area (Å²) in [5, 5.41) is 10.3. The molecule has 0 saturated carbocycles. The van der Waals surface area contributed by atoms with Gasteiger partial charge in [0.25, 0.3) is 0 Å². The minimum Gasteiger partial charge on any atom is -0.376 e. The van der Waals surface area contributed by atoms with Crippen molar-refractivity contribution in [3.8, 4) is 6.07 Å². The fourth-order valence-electron chi connectivity index (χ4n) is 2.16. The van der Waals surface area contributed by atoms with Crippen LogP contribution in [0.1, 0.15) is 18.5 Å². The first kappa shape index (κ1) is 13.6. The summed E-state index contributed by atoms with van der Waals surface area (Å²) < 4.78 is 5.48. The van der Waals surface area contributed by atoms with Crippen molar-refractivity contribution in [1.82, 2.24) is 4.90 Å². The summed E-state index contributed by atoms with van der Waals surface area (Å²) >= 11 is 12.2. The van der Waals surface area contributed by atoms with Crippen LogP contribution >= 0.6 is 23.2 Å². The van der Waals surface area contributed by atoms with Gasteiger partial charge in [0.1, 0.15) is 6.04 Å². The summed E-state index contributed by atoms with van der Waals surface area (Å²) in [4.78, 5) is 2.08. The minimum atomic E-state index is -0.373. The van der Waals surface area contributed by atoms with E-state index < -0.39 is 0 Å². The van der Waals surface area contributed by atoms with Gasteiger partial charge in [0, 0.05) is 18.7 Å². The first-order valence-corrected chi connectivity index (χ1v) is 6.58. The van der Waals surface area contributed by atoms with Crippen LogP contribution in [0.2, 0.25) is 10.0 Å². The zero-order valence-electron chi connectivity index (χ0n) is 10.1. The molecule has 1 aromatic rings. The Morgan fingerprint density at radius 3 is 2.94 bits per heavy atom. The van der Waals surface area contributed by atoms with E-state index in [9.17, 15) is 5.26 Å². The van der Waals surface area contributed by atoms with E-state index in [1.165, 1.54) is 0 Å². The van der Waals surface area contributed by atoms with Crippen LogP contribution < -0.4 is 0 Å². The summed E-state index contributed by atoms with van der Waals surface area (Å²) in [5.74, 6) is 0. The maximum Gasteiger partial charge on any atom is 0.125 e. The molecule has 18 heavy (non-hydrogen) atoms. The molecule has 1 aliphatic heterocycles. The highest BCUT2D eigenvalue weighted by Crippen LogP contribution is 2.33. The summed E-state index contributed by atoms with van der Waals surface area (Å²) in [6.07, 6.45) is 0.132. The molecule has 0 N–H and O–H groups in total. The van der Waals surface area contributed by atoms with Gasteiger partial charge in [-0.15, -0.1) is 0 Å². The van der Waals surface area contributed by atoms with Crippen LogP contribution in [0, 0.1) is 11.3 Å². The number of halogens is 2. The first-order valence-electron chi connectivity index (χ1n) is 5.82. The molecule has 0 amide bonds. The molecule has 0 aliphatic carbocycles. The molecule has 0 spiro atoms. The second kappa shape index (κ2) is 5.90. The molecule has 3 nitrogen and oxygen atoms in total. The van der Waals surface area contributed by atoms with Crippen LogP contribution in [0.4, 0.5) is 0 Å². The average molecular weight is 285 g/mol. The summed E-state index contributed by atoms with van der Waals surface area (Å²) in [7, 11) is 0. The highest BCUT2D eigenvalue weighted by Gasteiger charge is 2.27. The minimum absolute atomic E-state index is 0.132. The summed E-state index contributed by atoms with van der Waals surface area (Å²) in [5.41, 5.74) is 0.765. The quantitative estimate of drug-likeness (QED) is 0.836. The number of benzene rings is 1. The SMILES string of the molecule is C[C@H]1CN([C@@H](C#N)c2cccc(Cl)c2Cl)CCO1. The van der Waals surface area contributed by atoms with Gasteiger partial charge < -0.3 is 4.74 Å². The third-order valence-electron chi connectivity index (χ3n) is 3.04. The number of ether oxygens (including phenoxy) is 1. The van der Waals surface area contributed by atoms with E-state index >= 15 is 0 Å². The van der Waals surface area contributed by atoms with Crippen molar-refractivity contribution in [3.05, 3.63) is 33.8 Å². The third kappa shape index (κ3) is 2.78. The van der Waals surface area contributed by atoms with Crippen molar-refractivity contribution in [2.24, 2.45) is 0 Å². The molecule has 0 radical (unpaired) electrons. The van der Waals surface area contributed by atoms with Gasteiger partial charge in [-0.3, -0.25) is 4.90 Å². The van der Waals surface area contributed by atoms with Gasteiger partial charge in [0.05, 0.1) is 28.8 Å². The van der Waals surface area contributed by atoms with E-state index in [-0.39, 0.29) is 12.1 Å². The molecule has 1 aliphatic rings. The Morgan fingerprint density at radius 1 is 1.50 bits per heavy atom. The molecule has 2 rings (SSSR count). The van der Waals surface area contributed by atoms with Crippen LogP contribution in [0.5, 0.6) is 0 Å². The van der Waals surface area contributed by atoms with Crippen molar-refractivity contribution in [2.75, 3.05) is 19.7 Å².